The van der Waals surface area contributed by atoms with Crippen LogP contribution >= 0.6 is 12.4 Å². The molecule has 0 aromatic rings. The van der Waals surface area contributed by atoms with Crippen molar-refractivity contribution >= 4 is 12.4 Å². The summed E-state index contributed by atoms with van der Waals surface area (Å²) < 4.78 is 34.9. The molecule has 1 rings (SSSR count). The summed E-state index contributed by atoms with van der Waals surface area (Å²) >= 11 is 0. The number of alkyl halides is 3. The van der Waals surface area contributed by atoms with Crippen LogP contribution in [0.4, 0.5) is 13.2 Å². The third-order valence-electron chi connectivity index (χ3n) is 1.58. The maximum absolute atomic E-state index is 11.6. The highest BCUT2D eigenvalue weighted by Gasteiger charge is 2.54. The lowest BCUT2D eigenvalue weighted by Gasteiger charge is -2.02. The Bertz CT molecular complexity index is 114. The maximum atomic E-state index is 11.6. The summed E-state index contributed by atoms with van der Waals surface area (Å²) in [5.41, 5.74) is 0. The first-order valence-electron chi connectivity index (χ1n) is 2.79. The van der Waals surface area contributed by atoms with Crippen LogP contribution in [0.25, 0.3) is 0 Å². The molecule has 0 spiro atoms. The zero-order valence-corrected chi connectivity index (χ0v) is 6.22. The zero-order valence-electron chi connectivity index (χ0n) is 5.40. The van der Waals surface area contributed by atoms with Crippen LogP contribution in [-0.2, 0) is 0 Å². The van der Waals surface area contributed by atoms with E-state index in [0.717, 1.165) is 0 Å². The molecule has 0 aromatic carbocycles. The Hall–Kier alpha value is 0.0400. The molecule has 0 bridgehead atoms. The number of rotatable bonds is 1. The third kappa shape index (κ3) is 2.02. The smallest absolute Gasteiger partial charge is 0.316 e. The van der Waals surface area contributed by atoms with Gasteiger partial charge in [0.05, 0.1) is 5.92 Å². The van der Waals surface area contributed by atoms with Crippen molar-refractivity contribution in [1.82, 2.24) is 5.32 Å². The first-order valence-corrected chi connectivity index (χ1v) is 2.79. The molecule has 0 saturated heterocycles. The van der Waals surface area contributed by atoms with E-state index in [-0.39, 0.29) is 24.9 Å². The van der Waals surface area contributed by atoms with Crippen molar-refractivity contribution in [3.05, 3.63) is 0 Å². The van der Waals surface area contributed by atoms with Crippen LogP contribution in [0, 0.1) is 5.92 Å². The molecule has 5 heteroatoms. The zero-order chi connectivity index (χ0) is 7.07. The molecule has 0 unspecified atom stereocenters. The maximum Gasteiger partial charge on any atom is 0.393 e. The number of hydrogen-bond acceptors (Lipinski definition) is 1. The average molecular weight is 176 g/mol. The SMILES string of the molecule is CN[C@@H]1C[C@H]1C(F)(F)F.Cl. The largest absolute Gasteiger partial charge is 0.393 e. The van der Waals surface area contributed by atoms with Gasteiger partial charge in [0.15, 0.2) is 0 Å². The Labute approximate surface area is 63.4 Å². The minimum atomic E-state index is -3.98. The summed E-state index contributed by atoms with van der Waals surface area (Å²) in [6.45, 7) is 0. The molecule has 1 aliphatic carbocycles. The van der Waals surface area contributed by atoms with E-state index in [1.807, 2.05) is 0 Å². The van der Waals surface area contributed by atoms with Gasteiger partial charge in [-0.3, -0.25) is 0 Å². The van der Waals surface area contributed by atoms with Gasteiger partial charge in [-0.15, -0.1) is 12.4 Å². The molecule has 1 saturated carbocycles. The Morgan fingerprint density at radius 3 is 2.00 bits per heavy atom. The van der Waals surface area contributed by atoms with Crippen molar-refractivity contribution in [1.29, 1.82) is 0 Å². The van der Waals surface area contributed by atoms with Gasteiger partial charge in [-0.2, -0.15) is 13.2 Å². The predicted octanol–water partition coefficient (Wildman–Crippen LogP) is 1.58. The van der Waals surface area contributed by atoms with E-state index >= 15 is 0 Å². The highest BCUT2D eigenvalue weighted by atomic mass is 35.5. The fourth-order valence-corrected chi connectivity index (χ4v) is 0.876. The van der Waals surface area contributed by atoms with E-state index in [2.05, 4.69) is 5.32 Å². The minimum Gasteiger partial charge on any atom is -0.316 e. The molecule has 62 valence electrons. The quantitative estimate of drug-likeness (QED) is 0.638. The van der Waals surface area contributed by atoms with Crippen molar-refractivity contribution in [2.24, 2.45) is 5.92 Å². The number of nitrogens with one attached hydrogen (secondary N) is 1. The van der Waals surface area contributed by atoms with Gasteiger partial charge in [0.1, 0.15) is 0 Å². The van der Waals surface area contributed by atoms with Gasteiger partial charge in [-0.25, -0.2) is 0 Å². The van der Waals surface area contributed by atoms with Crippen molar-refractivity contribution in [2.75, 3.05) is 7.05 Å². The van der Waals surface area contributed by atoms with Gasteiger partial charge in [0.2, 0.25) is 0 Å². The molecule has 1 N–H and O–H groups in total. The van der Waals surface area contributed by atoms with Crippen LogP contribution in [0.1, 0.15) is 6.42 Å². The summed E-state index contributed by atoms with van der Waals surface area (Å²) in [5.74, 6) is -1.08. The van der Waals surface area contributed by atoms with Gasteiger partial charge in [-0.1, -0.05) is 0 Å². The van der Waals surface area contributed by atoms with E-state index in [1.165, 1.54) is 0 Å². The highest BCUT2D eigenvalue weighted by molar-refractivity contribution is 5.85. The molecule has 0 aromatic heterocycles. The van der Waals surface area contributed by atoms with E-state index in [9.17, 15) is 13.2 Å². The van der Waals surface area contributed by atoms with Crippen LogP contribution in [0.5, 0.6) is 0 Å². The van der Waals surface area contributed by atoms with E-state index in [4.69, 9.17) is 0 Å². The average Bonchev–Trinajstić information content (AvgIpc) is 2.39. The molecule has 0 aliphatic heterocycles. The normalized spacial score (nSPS) is 31.2. The number of halogens is 4. The van der Waals surface area contributed by atoms with Crippen molar-refractivity contribution < 1.29 is 13.2 Å². The molecule has 1 aliphatic rings. The highest BCUT2D eigenvalue weighted by Crippen LogP contribution is 2.44. The third-order valence-corrected chi connectivity index (χ3v) is 1.58. The first-order chi connectivity index (χ1) is 4.05. The van der Waals surface area contributed by atoms with Crippen molar-refractivity contribution in [2.45, 2.75) is 18.6 Å². The van der Waals surface area contributed by atoms with Gasteiger partial charge < -0.3 is 5.32 Å². The van der Waals surface area contributed by atoms with E-state index in [0.29, 0.717) is 0 Å². The molecule has 2 atom stereocenters. The molecule has 1 nitrogen and oxygen atoms in total. The van der Waals surface area contributed by atoms with E-state index in [1.54, 1.807) is 7.05 Å². The Morgan fingerprint density at radius 2 is 1.90 bits per heavy atom. The van der Waals surface area contributed by atoms with E-state index < -0.39 is 12.1 Å². The Kier molecular flexibility index (Phi) is 2.98. The fraction of sp³-hybridized carbons (Fsp3) is 1.00. The molecule has 1 fully saturated rings. The van der Waals surface area contributed by atoms with Gasteiger partial charge in [0, 0.05) is 6.04 Å². The summed E-state index contributed by atoms with van der Waals surface area (Å²) in [5, 5.41) is 2.58. The molecule has 10 heavy (non-hydrogen) atoms. The van der Waals surface area contributed by atoms with Crippen LogP contribution in [-0.4, -0.2) is 19.3 Å². The monoisotopic (exact) mass is 175 g/mol. The topological polar surface area (TPSA) is 12.0 Å². The molecule has 0 amide bonds. The second kappa shape index (κ2) is 2.96. The summed E-state index contributed by atoms with van der Waals surface area (Å²) in [4.78, 5) is 0. The predicted molar refractivity (Wildman–Crippen MR) is 34.3 cm³/mol. The van der Waals surface area contributed by atoms with Crippen LogP contribution in [0.3, 0.4) is 0 Å². The van der Waals surface area contributed by atoms with Gasteiger partial charge in [0.25, 0.3) is 0 Å². The Morgan fingerprint density at radius 1 is 1.40 bits per heavy atom. The lowest BCUT2D eigenvalue weighted by molar-refractivity contribution is -0.149. The summed E-state index contributed by atoms with van der Waals surface area (Å²) in [6.07, 6.45) is -3.73. The molecule has 0 radical (unpaired) electrons. The van der Waals surface area contributed by atoms with Crippen LogP contribution in [0.2, 0.25) is 0 Å². The van der Waals surface area contributed by atoms with Crippen LogP contribution in [0.15, 0.2) is 0 Å². The Balaban J connectivity index is 0.000000810. The lowest BCUT2D eigenvalue weighted by atomic mass is 10.4. The second-order valence-corrected chi connectivity index (χ2v) is 2.28. The second-order valence-electron chi connectivity index (χ2n) is 2.28. The number of hydrogen-bond donors (Lipinski definition) is 1. The van der Waals surface area contributed by atoms with Gasteiger partial charge in [-0.05, 0) is 13.5 Å². The van der Waals surface area contributed by atoms with Crippen LogP contribution < -0.4 is 5.32 Å². The fourth-order valence-electron chi connectivity index (χ4n) is 0.876. The molecular weight excluding hydrogens is 167 g/mol. The molecular formula is C5H9ClF3N. The summed E-state index contributed by atoms with van der Waals surface area (Å²) in [6, 6.07) is -0.315. The van der Waals surface area contributed by atoms with Crippen molar-refractivity contribution in [3.63, 3.8) is 0 Å². The molecule has 0 heterocycles. The standard InChI is InChI=1S/C5H8F3N.ClH/c1-9-4-2-3(4)5(6,7)8;/h3-4,9H,2H2,1H3;1H/t3-,4-;/m1./s1. The van der Waals surface area contributed by atoms with Crippen molar-refractivity contribution in [3.8, 4) is 0 Å². The lowest BCUT2D eigenvalue weighted by Crippen LogP contribution is -2.20. The van der Waals surface area contributed by atoms with Gasteiger partial charge >= 0.3 is 6.18 Å². The minimum absolute atomic E-state index is 0. The first kappa shape index (κ1) is 10.0. The summed E-state index contributed by atoms with van der Waals surface area (Å²) in [7, 11) is 1.55.